The molecule has 136 valence electrons. The summed E-state index contributed by atoms with van der Waals surface area (Å²) in [7, 11) is 0. The second kappa shape index (κ2) is 7.28. The molecule has 0 aromatic heterocycles. The molecule has 0 radical (unpaired) electrons. The van der Waals surface area contributed by atoms with Crippen LogP contribution < -0.4 is 14.2 Å². The molecule has 5 heteroatoms. The molecule has 0 bridgehead atoms. The van der Waals surface area contributed by atoms with Crippen molar-refractivity contribution in [3.05, 3.63) is 53.1 Å². The molecule has 2 aromatic carbocycles. The largest absolute Gasteiger partial charge is 0.493 e. The van der Waals surface area contributed by atoms with Gasteiger partial charge in [-0.2, -0.15) is 0 Å². The molecule has 5 nitrogen and oxygen atoms in total. The third-order valence-corrected chi connectivity index (χ3v) is 4.84. The summed E-state index contributed by atoms with van der Waals surface area (Å²) in [6, 6.07) is 11.6. The maximum absolute atomic E-state index is 13.2. The molecule has 0 aliphatic carbocycles. The molecule has 0 fully saturated rings. The van der Waals surface area contributed by atoms with Crippen LogP contribution in [0.2, 0.25) is 0 Å². The third-order valence-electron chi connectivity index (χ3n) is 4.84. The maximum atomic E-state index is 13.2. The fraction of sp³-hybridized carbons (Fsp3) is 0.381. The predicted molar refractivity (Wildman–Crippen MR) is 97.9 cm³/mol. The molecule has 0 saturated carbocycles. The summed E-state index contributed by atoms with van der Waals surface area (Å²) in [5, 5.41) is 0. The van der Waals surface area contributed by atoms with Gasteiger partial charge in [0.2, 0.25) is 6.79 Å². The molecule has 2 heterocycles. The molecule has 1 amide bonds. The van der Waals surface area contributed by atoms with Crippen LogP contribution in [0.25, 0.3) is 0 Å². The summed E-state index contributed by atoms with van der Waals surface area (Å²) in [5.41, 5.74) is 2.81. The number of carbonyl (C=O) groups excluding carboxylic acids is 1. The van der Waals surface area contributed by atoms with Crippen LogP contribution in [0.1, 0.15) is 41.3 Å². The molecule has 0 saturated heterocycles. The monoisotopic (exact) mass is 353 g/mol. The van der Waals surface area contributed by atoms with Crippen LogP contribution in [0.3, 0.4) is 0 Å². The fourth-order valence-corrected chi connectivity index (χ4v) is 3.42. The molecular formula is C21H23NO4. The number of hydrogen-bond acceptors (Lipinski definition) is 4. The number of carbonyl (C=O) groups is 1. The zero-order valence-corrected chi connectivity index (χ0v) is 15.0. The van der Waals surface area contributed by atoms with Gasteiger partial charge in [-0.15, -0.1) is 0 Å². The van der Waals surface area contributed by atoms with Gasteiger partial charge in [-0.25, -0.2) is 0 Å². The van der Waals surface area contributed by atoms with Crippen LogP contribution in [0.5, 0.6) is 17.2 Å². The minimum Gasteiger partial charge on any atom is -0.493 e. The van der Waals surface area contributed by atoms with Gasteiger partial charge in [0.15, 0.2) is 11.5 Å². The normalized spacial score (nSPS) is 14.0. The first kappa shape index (κ1) is 16.8. The Kier molecular flexibility index (Phi) is 4.69. The number of nitrogens with zero attached hydrogens (tertiary/aromatic N) is 1. The lowest BCUT2D eigenvalue weighted by atomic mass is 10.1. The average Bonchev–Trinajstić information content (AvgIpc) is 3.33. The van der Waals surface area contributed by atoms with Crippen molar-refractivity contribution in [3.8, 4) is 17.2 Å². The van der Waals surface area contributed by atoms with Crippen molar-refractivity contribution in [2.24, 2.45) is 0 Å². The Hall–Kier alpha value is -2.69. The molecule has 2 aliphatic rings. The van der Waals surface area contributed by atoms with E-state index in [1.165, 1.54) is 0 Å². The number of ether oxygens (including phenoxy) is 3. The van der Waals surface area contributed by atoms with Gasteiger partial charge in [0.05, 0.1) is 6.61 Å². The number of amides is 1. The summed E-state index contributed by atoms with van der Waals surface area (Å²) < 4.78 is 16.6. The number of benzene rings is 2. The summed E-state index contributed by atoms with van der Waals surface area (Å²) >= 11 is 0. The highest BCUT2D eigenvalue weighted by atomic mass is 16.7. The van der Waals surface area contributed by atoms with Crippen molar-refractivity contribution >= 4 is 5.91 Å². The predicted octanol–water partition coefficient (Wildman–Crippen LogP) is 3.79. The molecule has 0 atom stereocenters. The minimum absolute atomic E-state index is 0.0460. The molecule has 2 aromatic rings. The lowest BCUT2D eigenvalue weighted by Crippen LogP contribution is -2.31. The number of hydrogen-bond donors (Lipinski definition) is 0. The molecule has 0 unspecified atom stereocenters. The van der Waals surface area contributed by atoms with E-state index < -0.39 is 0 Å². The van der Waals surface area contributed by atoms with Crippen molar-refractivity contribution in [2.45, 2.75) is 32.7 Å². The van der Waals surface area contributed by atoms with Gasteiger partial charge in [0.25, 0.3) is 5.91 Å². The van der Waals surface area contributed by atoms with E-state index in [9.17, 15) is 4.79 Å². The van der Waals surface area contributed by atoms with E-state index in [0.29, 0.717) is 19.7 Å². The zero-order chi connectivity index (χ0) is 17.9. The van der Waals surface area contributed by atoms with E-state index in [1.54, 1.807) is 0 Å². The maximum Gasteiger partial charge on any atom is 0.254 e. The number of rotatable bonds is 6. The number of unbranched alkanes of at least 4 members (excludes halogenated alkanes) is 1. The molecule has 4 rings (SSSR count). The fourth-order valence-electron chi connectivity index (χ4n) is 3.42. The number of para-hydroxylation sites is 1. The molecule has 0 spiro atoms. The van der Waals surface area contributed by atoms with Gasteiger partial charge >= 0.3 is 0 Å². The lowest BCUT2D eigenvalue weighted by molar-refractivity contribution is 0.0739. The second-order valence-electron chi connectivity index (χ2n) is 6.65. The van der Waals surface area contributed by atoms with Gasteiger partial charge in [-0.1, -0.05) is 25.5 Å². The van der Waals surface area contributed by atoms with Crippen LogP contribution in [0.15, 0.2) is 36.4 Å². The Balaban J connectivity index is 1.58. The molecular weight excluding hydrogens is 330 g/mol. The minimum atomic E-state index is 0.0460. The molecule has 2 aliphatic heterocycles. The summed E-state index contributed by atoms with van der Waals surface area (Å²) in [6.07, 6.45) is 2.86. The van der Waals surface area contributed by atoms with Crippen molar-refractivity contribution in [1.29, 1.82) is 0 Å². The van der Waals surface area contributed by atoms with E-state index in [0.717, 1.165) is 53.2 Å². The average molecular weight is 353 g/mol. The van der Waals surface area contributed by atoms with E-state index >= 15 is 0 Å². The van der Waals surface area contributed by atoms with Crippen LogP contribution >= 0.6 is 0 Å². The smallest absolute Gasteiger partial charge is 0.254 e. The van der Waals surface area contributed by atoms with Crippen LogP contribution in [-0.4, -0.2) is 30.8 Å². The van der Waals surface area contributed by atoms with Crippen molar-refractivity contribution in [3.63, 3.8) is 0 Å². The Bertz CT molecular complexity index is 818. The van der Waals surface area contributed by atoms with Crippen LogP contribution in [0, 0.1) is 0 Å². The summed E-state index contributed by atoms with van der Waals surface area (Å²) in [5.74, 6) is 2.45. The highest BCUT2D eigenvalue weighted by Gasteiger charge is 2.23. The standard InChI is InChI=1S/C21H23NO4/c1-2-3-10-22(13-17-5-4-6-19-20(17)26-14-25-19)21(23)16-7-8-18-15(12-16)9-11-24-18/h4-8,12H,2-3,9-11,13-14H2,1H3. The Morgan fingerprint density at radius 1 is 1.12 bits per heavy atom. The first-order valence-corrected chi connectivity index (χ1v) is 9.18. The second-order valence-corrected chi connectivity index (χ2v) is 6.65. The lowest BCUT2D eigenvalue weighted by Gasteiger charge is -2.23. The van der Waals surface area contributed by atoms with E-state index in [1.807, 2.05) is 41.3 Å². The van der Waals surface area contributed by atoms with Crippen molar-refractivity contribution in [2.75, 3.05) is 19.9 Å². The van der Waals surface area contributed by atoms with E-state index in [-0.39, 0.29) is 12.7 Å². The Morgan fingerprint density at radius 2 is 2.04 bits per heavy atom. The molecule has 0 N–H and O–H groups in total. The van der Waals surface area contributed by atoms with Crippen LogP contribution in [0.4, 0.5) is 0 Å². The highest BCUT2D eigenvalue weighted by molar-refractivity contribution is 5.94. The van der Waals surface area contributed by atoms with E-state index in [2.05, 4.69) is 6.92 Å². The first-order chi connectivity index (χ1) is 12.8. The van der Waals surface area contributed by atoms with Crippen LogP contribution in [-0.2, 0) is 13.0 Å². The quantitative estimate of drug-likeness (QED) is 0.793. The van der Waals surface area contributed by atoms with Gasteiger partial charge in [-0.05, 0) is 36.2 Å². The summed E-state index contributed by atoms with van der Waals surface area (Å²) in [6.45, 7) is 4.29. The first-order valence-electron chi connectivity index (χ1n) is 9.18. The van der Waals surface area contributed by atoms with Crippen molar-refractivity contribution < 1.29 is 19.0 Å². The zero-order valence-electron chi connectivity index (χ0n) is 15.0. The highest BCUT2D eigenvalue weighted by Crippen LogP contribution is 2.36. The van der Waals surface area contributed by atoms with Gasteiger partial charge in [0.1, 0.15) is 5.75 Å². The number of fused-ring (bicyclic) bond motifs is 2. The Morgan fingerprint density at radius 3 is 2.92 bits per heavy atom. The van der Waals surface area contributed by atoms with Crippen molar-refractivity contribution in [1.82, 2.24) is 4.90 Å². The van der Waals surface area contributed by atoms with Gasteiger partial charge < -0.3 is 19.1 Å². The van der Waals surface area contributed by atoms with Gasteiger partial charge in [0, 0.05) is 30.6 Å². The SMILES string of the molecule is CCCCN(Cc1cccc2c1OCO2)C(=O)c1ccc2c(c1)CCO2. The topological polar surface area (TPSA) is 48.0 Å². The van der Waals surface area contributed by atoms with Gasteiger partial charge in [-0.3, -0.25) is 4.79 Å². The summed E-state index contributed by atoms with van der Waals surface area (Å²) in [4.78, 5) is 15.1. The Labute approximate surface area is 153 Å². The molecule has 26 heavy (non-hydrogen) atoms. The van der Waals surface area contributed by atoms with E-state index in [4.69, 9.17) is 14.2 Å². The third kappa shape index (κ3) is 3.21.